The highest BCUT2D eigenvalue weighted by atomic mass is 19.1. The predicted octanol–water partition coefficient (Wildman–Crippen LogP) is 4.17. The summed E-state index contributed by atoms with van der Waals surface area (Å²) in [5.74, 6) is -0.217. The van der Waals surface area contributed by atoms with Crippen LogP contribution in [-0.4, -0.2) is 47.1 Å². The lowest BCUT2D eigenvalue weighted by Gasteiger charge is -2.33. The molecular weight excluding hydrogens is 373 g/mol. The summed E-state index contributed by atoms with van der Waals surface area (Å²) in [6.45, 7) is 7.71. The Kier molecular flexibility index (Phi) is 8.61. The smallest absolute Gasteiger partial charge is 0.410 e. The minimum atomic E-state index is -0.589. The Morgan fingerprint density at radius 2 is 2.03 bits per heavy atom. The Labute approximate surface area is 172 Å². The molecule has 0 radical (unpaired) electrons. The van der Waals surface area contributed by atoms with Crippen LogP contribution < -0.4 is 5.32 Å². The second kappa shape index (κ2) is 10.9. The van der Waals surface area contributed by atoms with Gasteiger partial charge in [0.25, 0.3) is 0 Å². The molecule has 0 spiro atoms. The minimum Gasteiger partial charge on any atom is -0.444 e. The number of aromatic nitrogens is 1. The van der Waals surface area contributed by atoms with Crippen LogP contribution in [0.15, 0.2) is 24.4 Å². The van der Waals surface area contributed by atoms with Crippen LogP contribution >= 0.6 is 0 Å². The van der Waals surface area contributed by atoms with E-state index < -0.39 is 11.5 Å². The number of unbranched alkanes of at least 4 members (excludes halogenated alkanes) is 1. The highest BCUT2D eigenvalue weighted by molar-refractivity contribution is 5.91. The third kappa shape index (κ3) is 8.62. The molecule has 1 aliphatic heterocycles. The van der Waals surface area contributed by atoms with Crippen LogP contribution in [0.1, 0.15) is 58.4 Å². The molecule has 1 aliphatic rings. The summed E-state index contributed by atoms with van der Waals surface area (Å²) in [5.41, 5.74) is -0.167. The number of piperidine rings is 1. The van der Waals surface area contributed by atoms with E-state index in [0.29, 0.717) is 18.0 Å². The van der Waals surface area contributed by atoms with Crippen LogP contribution in [0.5, 0.6) is 0 Å². The average Bonchev–Trinajstić information content (AvgIpc) is 2.66. The number of halogens is 1. The van der Waals surface area contributed by atoms with Gasteiger partial charge in [0.1, 0.15) is 5.60 Å². The van der Waals surface area contributed by atoms with Crippen molar-refractivity contribution in [3.8, 4) is 0 Å². The molecule has 2 amide bonds. The molecule has 1 fully saturated rings. The number of likely N-dealkylation sites (tertiary alicyclic amines) is 1. The highest BCUT2D eigenvalue weighted by Gasteiger charge is 2.26. The zero-order valence-electron chi connectivity index (χ0n) is 17.6. The molecule has 1 saturated heterocycles. The van der Waals surface area contributed by atoms with Crippen molar-refractivity contribution >= 4 is 18.1 Å². The third-order valence-electron chi connectivity index (χ3n) is 4.81. The van der Waals surface area contributed by atoms with E-state index >= 15 is 0 Å². The first-order chi connectivity index (χ1) is 13.7. The van der Waals surface area contributed by atoms with Gasteiger partial charge in [-0.1, -0.05) is 12.8 Å². The fourth-order valence-electron chi connectivity index (χ4n) is 3.25. The van der Waals surface area contributed by atoms with Crippen LogP contribution in [0, 0.1) is 11.9 Å². The molecule has 0 aliphatic carbocycles. The Morgan fingerprint density at radius 1 is 1.31 bits per heavy atom. The summed E-state index contributed by atoms with van der Waals surface area (Å²) in [6, 6.07) is 3.19. The van der Waals surface area contributed by atoms with Crippen LogP contribution in [0.25, 0.3) is 6.08 Å². The standard InChI is InChI=1S/C22H32FN3O3/c1-22(2,3)29-21(28)26-15-11-17(12-16-26)7-4-5-13-24-19(27)10-9-18-8-6-14-25-20(18)23/h6,8-10,14,17H,4-5,7,11-13,15-16H2,1-3H3,(H,24,27)/b10-9+. The van der Waals surface area contributed by atoms with Gasteiger partial charge in [-0.2, -0.15) is 4.39 Å². The second-order valence-electron chi connectivity index (χ2n) is 8.41. The van der Waals surface area contributed by atoms with E-state index in [1.54, 1.807) is 17.0 Å². The van der Waals surface area contributed by atoms with Gasteiger partial charge in [-0.25, -0.2) is 9.78 Å². The highest BCUT2D eigenvalue weighted by Crippen LogP contribution is 2.23. The first-order valence-electron chi connectivity index (χ1n) is 10.3. The van der Waals surface area contributed by atoms with Gasteiger partial charge in [0.2, 0.25) is 11.9 Å². The van der Waals surface area contributed by atoms with Gasteiger partial charge in [0.15, 0.2) is 0 Å². The first kappa shape index (κ1) is 22.8. The lowest BCUT2D eigenvalue weighted by atomic mass is 9.92. The molecule has 29 heavy (non-hydrogen) atoms. The molecule has 2 heterocycles. The van der Waals surface area contributed by atoms with Crippen LogP contribution in [0.2, 0.25) is 0 Å². The van der Waals surface area contributed by atoms with Gasteiger partial charge in [0, 0.05) is 37.5 Å². The molecule has 7 heteroatoms. The van der Waals surface area contributed by atoms with Gasteiger partial charge < -0.3 is 15.0 Å². The fourth-order valence-corrected chi connectivity index (χ4v) is 3.25. The molecule has 0 unspecified atom stereocenters. The Hall–Kier alpha value is -2.44. The topological polar surface area (TPSA) is 71.5 Å². The van der Waals surface area contributed by atoms with Crippen molar-refractivity contribution in [2.45, 2.75) is 58.5 Å². The van der Waals surface area contributed by atoms with Crippen molar-refractivity contribution in [1.82, 2.24) is 15.2 Å². The Morgan fingerprint density at radius 3 is 2.69 bits per heavy atom. The van der Waals surface area contributed by atoms with E-state index in [0.717, 1.165) is 45.2 Å². The van der Waals surface area contributed by atoms with Gasteiger partial charge in [0.05, 0.1) is 0 Å². The van der Waals surface area contributed by atoms with E-state index in [1.165, 1.54) is 18.3 Å². The summed E-state index contributed by atoms with van der Waals surface area (Å²) < 4.78 is 18.8. The van der Waals surface area contributed by atoms with Crippen molar-refractivity contribution in [1.29, 1.82) is 0 Å². The maximum absolute atomic E-state index is 13.4. The molecule has 2 rings (SSSR count). The summed E-state index contributed by atoms with van der Waals surface area (Å²) >= 11 is 0. The number of nitrogens with one attached hydrogen (secondary N) is 1. The van der Waals surface area contributed by atoms with Crippen molar-refractivity contribution in [3.05, 3.63) is 35.9 Å². The summed E-state index contributed by atoms with van der Waals surface area (Å²) in [6.07, 6.45) is 8.89. The molecule has 1 N–H and O–H groups in total. The van der Waals surface area contributed by atoms with Gasteiger partial charge in [-0.05, 0) is 64.2 Å². The Balaban J connectivity index is 1.57. The number of carbonyl (C=O) groups excluding carboxylic acids is 2. The molecule has 1 aromatic heterocycles. The van der Waals surface area contributed by atoms with E-state index in [1.807, 2.05) is 20.8 Å². The largest absolute Gasteiger partial charge is 0.444 e. The van der Waals surface area contributed by atoms with E-state index in [9.17, 15) is 14.0 Å². The lowest BCUT2D eigenvalue weighted by Crippen LogP contribution is -2.41. The number of carbonyl (C=O) groups is 2. The fraction of sp³-hybridized carbons (Fsp3) is 0.591. The molecule has 0 bridgehead atoms. The second-order valence-corrected chi connectivity index (χ2v) is 8.41. The predicted molar refractivity (Wildman–Crippen MR) is 111 cm³/mol. The van der Waals surface area contributed by atoms with E-state index in [2.05, 4.69) is 10.3 Å². The Bertz CT molecular complexity index is 707. The molecule has 6 nitrogen and oxygen atoms in total. The van der Waals surface area contributed by atoms with Crippen molar-refractivity contribution in [2.75, 3.05) is 19.6 Å². The van der Waals surface area contributed by atoms with Crippen molar-refractivity contribution in [2.24, 2.45) is 5.92 Å². The maximum atomic E-state index is 13.4. The number of nitrogens with zero attached hydrogens (tertiary/aromatic N) is 2. The monoisotopic (exact) mass is 405 g/mol. The number of hydrogen-bond donors (Lipinski definition) is 1. The lowest BCUT2D eigenvalue weighted by molar-refractivity contribution is -0.116. The maximum Gasteiger partial charge on any atom is 0.410 e. The molecule has 0 atom stereocenters. The summed E-state index contributed by atoms with van der Waals surface area (Å²) in [4.78, 5) is 29.2. The van der Waals surface area contributed by atoms with Crippen LogP contribution in [0.3, 0.4) is 0 Å². The number of hydrogen-bond acceptors (Lipinski definition) is 4. The van der Waals surface area contributed by atoms with E-state index in [-0.39, 0.29) is 12.0 Å². The molecule has 1 aromatic rings. The third-order valence-corrected chi connectivity index (χ3v) is 4.81. The summed E-state index contributed by atoms with van der Waals surface area (Å²) in [5, 5.41) is 2.82. The van der Waals surface area contributed by atoms with Gasteiger partial charge in [-0.3, -0.25) is 4.79 Å². The first-order valence-corrected chi connectivity index (χ1v) is 10.3. The normalized spacial score (nSPS) is 15.5. The van der Waals surface area contributed by atoms with Gasteiger partial charge >= 0.3 is 6.09 Å². The number of rotatable bonds is 7. The van der Waals surface area contributed by atoms with E-state index in [4.69, 9.17) is 4.74 Å². The number of ether oxygens (including phenoxy) is 1. The minimum absolute atomic E-state index is 0.224. The zero-order chi connectivity index (χ0) is 21.3. The molecule has 160 valence electrons. The average molecular weight is 406 g/mol. The number of amides is 2. The molecule has 0 saturated carbocycles. The van der Waals surface area contributed by atoms with Crippen molar-refractivity contribution < 1.29 is 18.7 Å². The van der Waals surface area contributed by atoms with Crippen molar-refractivity contribution in [3.63, 3.8) is 0 Å². The SMILES string of the molecule is CC(C)(C)OC(=O)N1CCC(CCCCNC(=O)/C=C/c2cccnc2F)CC1. The molecule has 0 aromatic carbocycles. The molecular formula is C22H32FN3O3. The number of pyridine rings is 1. The van der Waals surface area contributed by atoms with Crippen LogP contribution in [-0.2, 0) is 9.53 Å². The zero-order valence-corrected chi connectivity index (χ0v) is 17.6. The quantitative estimate of drug-likeness (QED) is 0.420. The van der Waals surface area contributed by atoms with Crippen LogP contribution in [0.4, 0.5) is 9.18 Å². The summed E-state index contributed by atoms with van der Waals surface area (Å²) in [7, 11) is 0. The van der Waals surface area contributed by atoms with Gasteiger partial charge in [-0.15, -0.1) is 0 Å².